The molecule has 0 saturated carbocycles. The summed E-state index contributed by atoms with van der Waals surface area (Å²) in [6, 6.07) is 22.0. The first-order chi connectivity index (χ1) is 14.7. The molecule has 1 aliphatic rings. The number of nitrogens with one attached hydrogen (secondary N) is 1. The number of nitrogens with zero attached hydrogens (tertiary/aromatic N) is 2. The number of benzene rings is 3. The van der Waals surface area contributed by atoms with Gasteiger partial charge in [-0.2, -0.15) is 0 Å². The molecule has 1 heterocycles. The third-order valence-electron chi connectivity index (χ3n) is 5.10. The van der Waals surface area contributed by atoms with E-state index in [9.17, 15) is 5.11 Å². The predicted molar refractivity (Wildman–Crippen MR) is 121 cm³/mol. The van der Waals surface area contributed by atoms with E-state index < -0.39 is 0 Å². The Balaban J connectivity index is 1.69. The minimum absolute atomic E-state index is 0.00876. The van der Waals surface area contributed by atoms with Crippen molar-refractivity contribution in [2.75, 3.05) is 37.6 Å². The average Bonchev–Trinajstić information content (AvgIpc) is 2.82. The van der Waals surface area contributed by atoms with Gasteiger partial charge in [0.1, 0.15) is 11.5 Å². The number of methoxy groups -OCH3 is 2. The fraction of sp³-hybridized carbons (Fsp3) is 0.208. The van der Waals surface area contributed by atoms with Crippen molar-refractivity contribution in [2.45, 2.75) is 6.04 Å². The normalized spacial score (nSPS) is 14.6. The SMILES string of the molecule is COc1cc(OC)cc(N(CCO)c2ccc3c(c2)NC(c2ccccc2)C=N3)c1. The lowest BCUT2D eigenvalue weighted by molar-refractivity contribution is 0.305. The quantitative estimate of drug-likeness (QED) is 0.598. The highest BCUT2D eigenvalue weighted by Crippen LogP contribution is 2.39. The summed E-state index contributed by atoms with van der Waals surface area (Å²) in [6.07, 6.45) is 1.93. The van der Waals surface area contributed by atoms with Crippen LogP contribution in [0.15, 0.2) is 71.7 Å². The number of aliphatic hydroxyl groups excluding tert-OH is 1. The minimum atomic E-state index is 0.00876. The lowest BCUT2D eigenvalue weighted by atomic mass is 10.1. The van der Waals surface area contributed by atoms with E-state index >= 15 is 0 Å². The van der Waals surface area contributed by atoms with E-state index in [2.05, 4.69) is 28.5 Å². The van der Waals surface area contributed by atoms with Crippen molar-refractivity contribution in [3.8, 4) is 11.5 Å². The first kappa shape index (κ1) is 19.8. The van der Waals surface area contributed by atoms with Gasteiger partial charge in [0.2, 0.25) is 0 Å². The molecule has 2 N–H and O–H groups in total. The highest BCUT2D eigenvalue weighted by molar-refractivity contribution is 5.86. The fourth-order valence-corrected chi connectivity index (χ4v) is 3.57. The van der Waals surface area contributed by atoms with Crippen LogP contribution in [0.5, 0.6) is 11.5 Å². The molecule has 6 heteroatoms. The molecule has 0 radical (unpaired) electrons. The van der Waals surface area contributed by atoms with Crippen molar-refractivity contribution in [2.24, 2.45) is 4.99 Å². The maximum absolute atomic E-state index is 9.70. The lowest BCUT2D eigenvalue weighted by Crippen LogP contribution is -2.22. The second-order valence-corrected chi connectivity index (χ2v) is 6.96. The summed E-state index contributed by atoms with van der Waals surface area (Å²) in [7, 11) is 3.25. The number of anilines is 3. The third kappa shape index (κ3) is 4.09. The Morgan fingerprint density at radius 3 is 2.33 bits per heavy atom. The summed E-state index contributed by atoms with van der Waals surface area (Å²) in [4.78, 5) is 6.66. The summed E-state index contributed by atoms with van der Waals surface area (Å²) >= 11 is 0. The lowest BCUT2D eigenvalue weighted by Gasteiger charge is -2.28. The van der Waals surface area contributed by atoms with Gasteiger partial charge in [0.05, 0.1) is 38.2 Å². The molecule has 0 spiro atoms. The summed E-state index contributed by atoms with van der Waals surface area (Å²) in [6.45, 7) is 0.440. The summed E-state index contributed by atoms with van der Waals surface area (Å²) < 4.78 is 10.8. The zero-order valence-corrected chi connectivity index (χ0v) is 17.1. The molecular weight excluding hydrogens is 378 g/mol. The smallest absolute Gasteiger partial charge is 0.124 e. The number of aliphatic imine (C=N–C) groups is 1. The minimum Gasteiger partial charge on any atom is -0.497 e. The van der Waals surface area contributed by atoms with Gasteiger partial charge in [-0.15, -0.1) is 0 Å². The van der Waals surface area contributed by atoms with E-state index in [1.807, 2.05) is 59.6 Å². The van der Waals surface area contributed by atoms with Crippen LogP contribution in [0.3, 0.4) is 0 Å². The Morgan fingerprint density at radius 1 is 0.933 bits per heavy atom. The van der Waals surface area contributed by atoms with Gasteiger partial charge < -0.3 is 24.8 Å². The van der Waals surface area contributed by atoms with Gasteiger partial charge >= 0.3 is 0 Å². The maximum Gasteiger partial charge on any atom is 0.124 e. The van der Waals surface area contributed by atoms with E-state index in [0.29, 0.717) is 18.0 Å². The standard InChI is InChI=1S/C24H25N3O3/c1-29-20-12-19(13-21(15-20)30-2)27(10-11-28)18-8-9-22-23(14-18)26-24(16-25-22)17-6-4-3-5-7-17/h3-9,12-16,24,26,28H,10-11H2,1-2H3. The monoisotopic (exact) mass is 403 g/mol. The molecule has 0 saturated heterocycles. The van der Waals surface area contributed by atoms with Crippen LogP contribution >= 0.6 is 0 Å². The molecule has 3 aromatic rings. The van der Waals surface area contributed by atoms with E-state index in [0.717, 1.165) is 28.3 Å². The summed E-state index contributed by atoms with van der Waals surface area (Å²) in [5.74, 6) is 1.38. The van der Waals surface area contributed by atoms with Crippen molar-refractivity contribution < 1.29 is 14.6 Å². The molecule has 154 valence electrons. The third-order valence-corrected chi connectivity index (χ3v) is 5.10. The zero-order valence-electron chi connectivity index (χ0n) is 17.1. The van der Waals surface area contributed by atoms with E-state index in [1.165, 1.54) is 0 Å². The molecule has 0 fully saturated rings. The van der Waals surface area contributed by atoms with Crippen molar-refractivity contribution in [1.29, 1.82) is 0 Å². The topological polar surface area (TPSA) is 66.3 Å². The summed E-state index contributed by atoms with van der Waals surface area (Å²) in [5.41, 5.74) is 4.80. The van der Waals surface area contributed by atoms with Crippen LogP contribution in [0.2, 0.25) is 0 Å². The number of aliphatic hydroxyl groups is 1. The highest BCUT2D eigenvalue weighted by Gasteiger charge is 2.18. The van der Waals surface area contributed by atoms with Gasteiger partial charge in [-0.1, -0.05) is 30.3 Å². The van der Waals surface area contributed by atoms with Crippen molar-refractivity contribution in [1.82, 2.24) is 0 Å². The number of hydrogen-bond donors (Lipinski definition) is 2. The van der Waals surface area contributed by atoms with E-state index in [4.69, 9.17) is 9.47 Å². The molecular formula is C24H25N3O3. The second-order valence-electron chi connectivity index (χ2n) is 6.96. The van der Waals surface area contributed by atoms with Crippen molar-refractivity contribution in [3.63, 3.8) is 0 Å². The number of hydrogen-bond acceptors (Lipinski definition) is 6. The van der Waals surface area contributed by atoms with Crippen LogP contribution in [-0.2, 0) is 0 Å². The van der Waals surface area contributed by atoms with Crippen LogP contribution in [0, 0.1) is 0 Å². The molecule has 0 bridgehead atoms. The molecule has 6 nitrogen and oxygen atoms in total. The highest BCUT2D eigenvalue weighted by atomic mass is 16.5. The van der Waals surface area contributed by atoms with E-state index in [-0.39, 0.29) is 12.6 Å². The first-order valence-electron chi connectivity index (χ1n) is 9.83. The molecule has 0 aliphatic carbocycles. The van der Waals surface area contributed by atoms with Crippen molar-refractivity contribution in [3.05, 3.63) is 72.3 Å². The Labute approximate surface area is 176 Å². The Bertz CT molecular complexity index is 1010. The van der Waals surface area contributed by atoms with Crippen LogP contribution in [0.4, 0.5) is 22.7 Å². The molecule has 1 unspecified atom stereocenters. The zero-order chi connectivity index (χ0) is 20.9. The Kier molecular flexibility index (Phi) is 5.86. The van der Waals surface area contributed by atoms with Crippen LogP contribution in [0.1, 0.15) is 11.6 Å². The molecule has 1 aliphatic heterocycles. The molecule has 4 rings (SSSR count). The summed E-state index contributed by atoms with van der Waals surface area (Å²) in [5, 5.41) is 13.3. The van der Waals surface area contributed by atoms with E-state index in [1.54, 1.807) is 14.2 Å². The first-order valence-corrected chi connectivity index (χ1v) is 9.83. The Morgan fingerprint density at radius 2 is 1.67 bits per heavy atom. The van der Waals surface area contributed by atoms with Crippen molar-refractivity contribution >= 4 is 29.0 Å². The second kappa shape index (κ2) is 8.88. The van der Waals surface area contributed by atoms with Gasteiger partial charge in [-0.25, -0.2) is 0 Å². The molecule has 1 atom stereocenters. The van der Waals surface area contributed by atoms with Crippen LogP contribution in [0.25, 0.3) is 0 Å². The van der Waals surface area contributed by atoms with Crippen LogP contribution < -0.4 is 19.7 Å². The molecule has 30 heavy (non-hydrogen) atoms. The van der Waals surface area contributed by atoms with Gasteiger partial charge in [0.15, 0.2) is 0 Å². The molecule has 3 aromatic carbocycles. The van der Waals surface area contributed by atoms with Gasteiger partial charge in [0, 0.05) is 42.3 Å². The van der Waals surface area contributed by atoms with Gasteiger partial charge in [-0.05, 0) is 23.8 Å². The Hall–Kier alpha value is -3.51. The predicted octanol–water partition coefficient (Wildman–Crippen LogP) is 4.70. The average molecular weight is 403 g/mol. The largest absolute Gasteiger partial charge is 0.497 e. The number of rotatable bonds is 7. The van der Waals surface area contributed by atoms with Gasteiger partial charge in [0.25, 0.3) is 0 Å². The van der Waals surface area contributed by atoms with Crippen LogP contribution in [-0.4, -0.2) is 38.7 Å². The fourth-order valence-electron chi connectivity index (χ4n) is 3.57. The number of ether oxygens (including phenoxy) is 2. The maximum atomic E-state index is 9.70. The number of fused-ring (bicyclic) bond motifs is 1. The molecule has 0 aromatic heterocycles. The molecule has 0 amide bonds. The van der Waals surface area contributed by atoms with Gasteiger partial charge in [-0.3, -0.25) is 4.99 Å².